The van der Waals surface area contributed by atoms with E-state index in [0.29, 0.717) is 11.3 Å². The number of amides is 1. The maximum atomic E-state index is 12.9. The first kappa shape index (κ1) is 18.2. The molecular weight excluding hydrogens is 408 g/mol. The van der Waals surface area contributed by atoms with Crippen molar-refractivity contribution in [2.45, 2.75) is 58.5 Å². The first-order valence-electron chi connectivity index (χ1n) is 9.50. The maximum absolute atomic E-state index is 12.9. The maximum Gasteiger partial charge on any atom is 0.287 e. The number of hydrogen-bond donors (Lipinski definition) is 1. The summed E-state index contributed by atoms with van der Waals surface area (Å²) in [6, 6.07) is 5.57. The lowest BCUT2D eigenvalue weighted by atomic mass is 10.1. The van der Waals surface area contributed by atoms with Crippen LogP contribution in [-0.4, -0.2) is 20.7 Å². The standard InChI is InChI=1S/C20H23BrN4O2/c1-3-15(19-24-23-17-7-5-4-6-10-25(17)19)22-20(26)18-12(2)14-11-13(21)8-9-16(14)27-18/h8-9,11,15H,3-7,10H2,1-2H3,(H,22,26). The number of rotatable bonds is 4. The summed E-state index contributed by atoms with van der Waals surface area (Å²) in [7, 11) is 0. The number of halogens is 1. The van der Waals surface area contributed by atoms with Gasteiger partial charge in [-0.05, 0) is 44.4 Å². The fourth-order valence-corrected chi connectivity index (χ4v) is 4.11. The van der Waals surface area contributed by atoms with Gasteiger partial charge >= 0.3 is 0 Å². The highest BCUT2D eigenvalue weighted by molar-refractivity contribution is 9.10. The number of carbonyl (C=O) groups is 1. The summed E-state index contributed by atoms with van der Waals surface area (Å²) in [5.41, 5.74) is 1.56. The Morgan fingerprint density at radius 3 is 3.00 bits per heavy atom. The van der Waals surface area contributed by atoms with Crippen LogP contribution in [0.4, 0.5) is 0 Å². The van der Waals surface area contributed by atoms with E-state index in [0.717, 1.165) is 59.3 Å². The fourth-order valence-electron chi connectivity index (χ4n) is 3.75. The van der Waals surface area contributed by atoms with E-state index in [9.17, 15) is 4.79 Å². The van der Waals surface area contributed by atoms with E-state index in [1.165, 1.54) is 6.42 Å². The van der Waals surface area contributed by atoms with Gasteiger partial charge in [-0.25, -0.2) is 0 Å². The van der Waals surface area contributed by atoms with Gasteiger partial charge in [0.1, 0.15) is 11.4 Å². The summed E-state index contributed by atoms with van der Waals surface area (Å²) in [4.78, 5) is 12.9. The molecule has 27 heavy (non-hydrogen) atoms. The molecule has 2 aromatic heterocycles. The molecule has 1 aromatic carbocycles. The van der Waals surface area contributed by atoms with Crippen LogP contribution >= 0.6 is 15.9 Å². The third kappa shape index (κ3) is 3.40. The molecule has 1 amide bonds. The number of hydrogen-bond acceptors (Lipinski definition) is 4. The number of nitrogens with zero attached hydrogens (tertiary/aromatic N) is 3. The van der Waals surface area contributed by atoms with E-state index in [-0.39, 0.29) is 11.9 Å². The largest absolute Gasteiger partial charge is 0.451 e. The van der Waals surface area contributed by atoms with E-state index < -0.39 is 0 Å². The molecule has 0 saturated carbocycles. The van der Waals surface area contributed by atoms with Gasteiger partial charge in [0.15, 0.2) is 11.6 Å². The normalized spacial score (nSPS) is 15.4. The Morgan fingerprint density at radius 2 is 2.19 bits per heavy atom. The van der Waals surface area contributed by atoms with Crippen LogP contribution in [0.5, 0.6) is 0 Å². The molecule has 7 heteroatoms. The average molecular weight is 431 g/mol. The van der Waals surface area contributed by atoms with Gasteiger partial charge in [0.05, 0.1) is 6.04 Å². The van der Waals surface area contributed by atoms with Crippen molar-refractivity contribution in [2.75, 3.05) is 0 Å². The first-order chi connectivity index (χ1) is 13.1. The molecule has 0 bridgehead atoms. The third-order valence-electron chi connectivity index (χ3n) is 5.27. The van der Waals surface area contributed by atoms with Crippen LogP contribution in [0, 0.1) is 6.92 Å². The molecule has 3 aromatic rings. The van der Waals surface area contributed by atoms with Gasteiger partial charge in [-0.3, -0.25) is 4.79 Å². The van der Waals surface area contributed by atoms with E-state index >= 15 is 0 Å². The van der Waals surface area contributed by atoms with E-state index in [2.05, 4.69) is 36.0 Å². The van der Waals surface area contributed by atoms with Gasteiger partial charge in [-0.2, -0.15) is 0 Å². The minimum absolute atomic E-state index is 0.184. The highest BCUT2D eigenvalue weighted by Crippen LogP contribution is 2.29. The molecule has 1 aliphatic heterocycles. The van der Waals surface area contributed by atoms with Crippen LogP contribution in [0.3, 0.4) is 0 Å². The van der Waals surface area contributed by atoms with Crippen LogP contribution in [0.25, 0.3) is 11.0 Å². The SMILES string of the molecule is CCC(NC(=O)c1oc2ccc(Br)cc2c1C)c1nnc2n1CCCCC2. The van der Waals surface area contributed by atoms with Crippen LogP contribution in [0.15, 0.2) is 27.1 Å². The number of nitrogens with one attached hydrogen (secondary N) is 1. The van der Waals surface area contributed by atoms with Crippen LogP contribution in [0.2, 0.25) is 0 Å². The number of aryl methyl sites for hydroxylation is 2. The first-order valence-corrected chi connectivity index (χ1v) is 10.3. The average Bonchev–Trinajstić information content (AvgIpc) is 3.11. The zero-order valence-corrected chi connectivity index (χ0v) is 17.2. The van der Waals surface area contributed by atoms with Gasteiger partial charge < -0.3 is 14.3 Å². The summed E-state index contributed by atoms with van der Waals surface area (Å²) in [5, 5.41) is 12.8. The summed E-state index contributed by atoms with van der Waals surface area (Å²) >= 11 is 3.47. The zero-order chi connectivity index (χ0) is 19.0. The Hall–Kier alpha value is -2.15. The molecule has 4 rings (SSSR count). The molecule has 3 heterocycles. The molecule has 0 fully saturated rings. The predicted octanol–water partition coefficient (Wildman–Crippen LogP) is 4.70. The van der Waals surface area contributed by atoms with Crippen molar-refractivity contribution in [3.63, 3.8) is 0 Å². The summed E-state index contributed by atoms with van der Waals surface area (Å²) in [5.74, 6) is 2.02. The van der Waals surface area contributed by atoms with Crippen LogP contribution in [-0.2, 0) is 13.0 Å². The van der Waals surface area contributed by atoms with Gasteiger partial charge in [0, 0.05) is 28.4 Å². The van der Waals surface area contributed by atoms with Crippen molar-refractivity contribution >= 4 is 32.8 Å². The molecule has 0 spiro atoms. The molecule has 0 radical (unpaired) electrons. The Bertz CT molecular complexity index is 991. The van der Waals surface area contributed by atoms with Crippen molar-refractivity contribution in [1.29, 1.82) is 0 Å². The Balaban J connectivity index is 1.62. The van der Waals surface area contributed by atoms with Crippen molar-refractivity contribution in [2.24, 2.45) is 0 Å². The topological polar surface area (TPSA) is 73.0 Å². The molecule has 1 unspecified atom stereocenters. The van der Waals surface area contributed by atoms with E-state index in [4.69, 9.17) is 4.42 Å². The van der Waals surface area contributed by atoms with Gasteiger partial charge in [-0.15, -0.1) is 10.2 Å². The second kappa shape index (κ2) is 7.46. The smallest absolute Gasteiger partial charge is 0.287 e. The Morgan fingerprint density at radius 1 is 1.33 bits per heavy atom. The van der Waals surface area contributed by atoms with E-state index in [1.807, 2.05) is 32.0 Å². The van der Waals surface area contributed by atoms with Crippen LogP contribution < -0.4 is 5.32 Å². The number of benzene rings is 1. The van der Waals surface area contributed by atoms with Crippen LogP contribution in [0.1, 0.15) is 66.4 Å². The zero-order valence-electron chi connectivity index (χ0n) is 15.6. The summed E-state index contributed by atoms with van der Waals surface area (Å²) < 4.78 is 8.98. The highest BCUT2D eigenvalue weighted by Gasteiger charge is 2.25. The lowest BCUT2D eigenvalue weighted by Gasteiger charge is -2.17. The van der Waals surface area contributed by atoms with Gasteiger partial charge in [-0.1, -0.05) is 29.3 Å². The molecule has 1 N–H and O–H groups in total. The Kier molecular flexibility index (Phi) is 5.04. The molecule has 142 valence electrons. The van der Waals surface area contributed by atoms with E-state index in [1.54, 1.807) is 0 Å². The fraction of sp³-hybridized carbons (Fsp3) is 0.450. The van der Waals surface area contributed by atoms with Crippen molar-refractivity contribution in [1.82, 2.24) is 20.1 Å². The number of aromatic nitrogens is 3. The van der Waals surface area contributed by atoms with Crippen molar-refractivity contribution < 1.29 is 9.21 Å². The highest BCUT2D eigenvalue weighted by atomic mass is 79.9. The predicted molar refractivity (Wildman–Crippen MR) is 107 cm³/mol. The molecular formula is C20H23BrN4O2. The van der Waals surface area contributed by atoms with Gasteiger partial charge in [0.25, 0.3) is 5.91 Å². The molecule has 0 aliphatic carbocycles. The summed E-state index contributed by atoms with van der Waals surface area (Å²) in [6.45, 7) is 4.88. The molecule has 0 saturated heterocycles. The Labute approximate surface area is 166 Å². The van der Waals surface area contributed by atoms with Crippen molar-refractivity contribution in [3.8, 4) is 0 Å². The third-order valence-corrected chi connectivity index (χ3v) is 5.76. The van der Waals surface area contributed by atoms with Gasteiger partial charge in [0.2, 0.25) is 0 Å². The lowest BCUT2D eigenvalue weighted by molar-refractivity contribution is 0.0906. The quantitative estimate of drug-likeness (QED) is 0.650. The summed E-state index contributed by atoms with van der Waals surface area (Å²) in [6.07, 6.45) is 5.18. The lowest BCUT2D eigenvalue weighted by Crippen LogP contribution is -2.30. The second-order valence-corrected chi connectivity index (χ2v) is 7.98. The molecule has 1 atom stereocenters. The number of fused-ring (bicyclic) bond motifs is 2. The number of furan rings is 1. The second-order valence-electron chi connectivity index (χ2n) is 7.07. The number of carbonyl (C=O) groups excluding carboxylic acids is 1. The minimum atomic E-state index is -0.211. The molecule has 6 nitrogen and oxygen atoms in total. The monoisotopic (exact) mass is 430 g/mol. The van der Waals surface area contributed by atoms with Crippen molar-refractivity contribution in [3.05, 3.63) is 45.6 Å². The minimum Gasteiger partial charge on any atom is -0.451 e. The molecule has 1 aliphatic rings.